The van der Waals surface area contributed by atoms with Gasteiger partial charge in [0, 0.05) is 6.07 Å². The molecule has 0 aromatic heterocycles. The van der Waals surface area contributed by atoms with Gasteiger partial charge in [0.15, 0.2) is 0 Å². The number of halogens is 1. The first-order chi connectivity index (χ1) is 11.8. The fourth-order valence-corrected chi connectivity index (χ4v) is 2.93. The first kappa shape index (κ1) is 18.8. The average molecular weight is 385 g/mol. The summed E-state index contributed by atoms with van der Waals surface area (Å²) in [5, 5.41) is 11.0. The number of para-hydroxylation sites is 1. The van der Waals surface area contributed by atoms with E-state index >= 15 is 0 Å². The van der Waals surface area contributed by atoms with Gasteiger partial charge in [0.25, 0.3) is 5.69 Å². The van der Waals surface area contributed by atoms with E-state index in [1.165, 1.54) is 37.4 Å². The smallest absolute Gasteiger partial charge is 0.340 e. The molecule has 0 fully saturated rings. The van der Waals surface area contributed by atoms with E-state index in [1.54, 1.807) is 6.07 Å². The molecule has 0 atom stereocenters. The molecular weight excluding hydrogens is 372 g/mol. The molecule has 0 bridgehead atoms. The molecule has 0 amide bonds. The largest absolute Gasteiger partial charge is 0.457 e. The number of hydrogen-bond acceptors (Lipinski definition) is 6. The Morgan fingerprint density at radius 2 is 1.96 bits per heavy atom. The van der Waals surface area contributed by atoms with Gasteiger partial charge in [-0.2, -0.15) is 0 Å². The number of nitrogens with one attached hydrogen (secondary N) is 1. The van der Waals surface area contributed by atoms with Crippen LogP contribution in [0.2, 0.25) is 5.02 Å². The van der Waals surface area contributed by atoms with Gasteiger partial charge in [-0.3, -0.25) is 10.1 Å². The predicted octanol–water partition coefficient (Wildman–Crippen LogP) is 2.51. The molecule has 10 heteroatoms. The second-order valence-corrected chi connectivity index (χ2v) is 7.10. The monoisotopic (exact) mass is 384 g/mol. The van der Waals surface area contributed by atoms with E-state index in [-0.39, 0.29) is 33.3 Å². The number of rotatable bonds is 6. The first-order valence-electron chi connectivity index (χ1n) is 6.89. The maximum atomic E-state index is 12.2. The highest BCUT2D eigenvalue weighted by atomic mass is 35.5. The number of esters is 1. The second kappa shape index (κ2) is 7.60. The third-order valence-electron chi connectivity index (χ3n) is 3.28. The Balaban J connectivity index is 2.25. The summed E-state index contributed by atoms with van der Waals surface area (Å²) in [6.07, 6.45) is 0. The summed E-state index contributed by atoms with van der Waals surface area (Å²) in [4.78, 5) is 22.4. The number of carbonyl (C=O) groups excluding carboxylic acids is 1. The Morgan fingerprint density at radius 1 is 1.28 bits per heavy atom. The zero-order valence-electron chi connectivity index (χ0n) is 12.9. The van der Waals surface area contributed by atoms with E-state index in [2.05, 4.69) is 4.72 Å². The van der Waals surface area contributed by atoms with Crippen LogP contribution < -0.4 is 4.72 Å². The van der Waals surface area contributed by atoms with Gasteiger partial charge in [-0.05, 0) is 31.3 Å². The normalized spacial score (nSPS) is 11.1. The maximum absolute atomic E-state index is 12.2. The number of nitrogens with zero attached hydrogens (tertiary/aromatic N) is 1. The van der Waals surface area contributed by atoms with Crippen molar-refractivity contribution in [3.05, 3.63) is 68.7 Å². The molecule has 0 radical (unpaired) electrons. The van der Waals surface area contributed by atoms with Crippen molar-refractivity contribution in [2.24, 2.45) is 0 Å². The van der Waals surface area contributed by atoms with Crippen LogP contribution >= 0.6 is 11.6 Å². The Morgan fingerprint density at radius 3 is 2.60 bits per heavy atom. The van der Waals surface area contributed by atoms with Crippen LogP contribution in [0.25, 0.3) is 0 Å². The minimum Gasteiger partial charge on any atom is -0.457 e. The fraction of sp³-hybridized carbons (Fsp3) is 0.133. The first-order valence-corrected chi connectivity index (χ1v) is 8.75. The van der Waals surface area contributed by atoms with Gasteiger partial charge in [0.1, 0.15) is 6.61 Å². The molecule has 0 spiro atoms. The number of carbonyl (C=O) groups is 1. The van der Waals surface area contributed by atoms with Gasteiger partial charge in [0.2, 0.25) is 10.0 Å². The van der Waals surface area contributed by atoms with Gasteiger partial charge in [-0.25, -0.2) is 17.9 Å². The molecule has 2 rings (SSSR count). The van der Waals surface area contributed by atoms with Crippen molar-refractivity contribution in [1.29, 1.82) is 0 Å². The van der Waals surface area contributed by atoms with E-state index in [4.69, 9.17) is 16.3 Å². The van der Waals surface area contributed by atoms with Crippen molar-refractivity contribution in [1.82, 2.24) is 4.72 Å². The third kappa shape index (κ3) is 4.32. The zero-order valence-corrected chi connectivity index (χ0v) is 14.5. The molecule has 25 heavy (non-hydrogen) atoms. The predicted molar refractivity (Wildman–Crippen MR) is 89.9 cm³/mol. The van der Waals surface area contributed by atoms with Crippen molar-refractivity contribution in [2.75, 3.05) is 7.05 Å². The van der Waals surface area contributed by atoms with Crippen LogP contribution in [0.4, 0.5) is 5.69 Å². The SMILES string of the molecule is CNS(=O)(=O)c1ccc(Cl)c(C(=O)OCc2ccccc2[N+](=O)[O-])c1. The summed E-state index contributed by atoms with van der Waals surface area (Å²) in [7, 11) is -2.53. The number of nitro groups is 1. The minimum atomic E-state index is -3.76. The van der Waals surface area contributed by atoms with Crippen LogP contribution in [-0.2, 0) is 21.4 Å². The van der Waals surface area contributed by atoms with Crippen LogP contribution in [0.15, 0.2) is 47.4 Å². The van der Waals surface area contributed by atoms with Crippen molar-refractivity contribution >= 4 is 33.3 Å². The molecular formula is C15H13ClN2O6S. The molecule has 0 aliphatic heterocycles. The Kier molecular flexibility index (Phi) is 5.73. The number of sulfonamides is 1. The lowest BCUT2D eigenvalue weighted by Gasteiger charge is -2.09. The van der Waals surface area contributed by atoms with Crippen molar-refractivity contribution in [3.63, 3.8) is 0 Å². The summed E-state index contributed by atoms with van der Waals surface area (Å²) in [6, 6.07) is 9.39. The minimum absolute atomic E-state index is 0.00242. The molecule has 0 unspecified atom stereocenters. The van der Waals surface area contributed by atoms with E-state index in [9.17, 15) is 23.3 Å². The van der Waals surface area contributed by atoms with Crippen LogP contribution in [0.3, 0.4) is 0 Å². The molecule has 2 aromatic rings. The molecule has 2 aromatic carbocycles. The van der Waals surface area contributed by atoms with Gasteiger partial charge in [-0.1, -0.05) is 23.7 Å². The number of nitro benzene ring substituents is 1. The fourth-order valence-electron chi connectivity index (χ4n) is 1.98. The summed E-state index contributed by atoms with van der Waals surface area (Å²) in [5.41, 5.74) is -0.138. The molecule has 1 N–H and O–H groups in total. The summed E-state index contributed by atoms with van der Waals surface area (Å²) < 4.78 is 30.8. The summed E-state index contributed by atoms with van der Waals surface area (Å²) in [5.74, 6) is -0.892. The van der Waals surface area contributed by atoms with E-state index in [1.807, 2.05) is 0 Å². The molecule has 8 nitrogen and oxygen atoms in total. The molecule has 132 valence electrons. The highest BCUT2D eigenvalue weighted by molar-refractivity contribution is 7.89. The maximum Gasteiger partial charge on any atom is 0.340 e. The molecule has 0 aliphatic rings. The third-order valence-corrected chi connectivity index (χ3v) is 5.03. The van der Waals surface area contributed by atoms with Gasteiger partial charge in [-0.15, -0.1) is 0 Å². The van der Waals surface area contributed by atoms with Gasteiger partial charge < -0.3 is 4.74 Å². The topological polar surface area (TPSA) is 116 Å². The van der Waals surface area contributed by atoms with E-state index < -0.39 is 20.9 Å². The Hall–Kier alpha value is -2.49. The lowest BCUT2D eigenvalue weighted by Crippen LogP contribution is -2.19. The van der Waals surface area contributed by atoms with Crippen molar-refractivity contribution in [3.8, 4) is 0 Å². The zero-order chi connectivity index (χ0) is 18.6. The Labute approximate surface area is 148 Å². The van der Waals surface area contributed by atoms with Crippen molar-refractivity contribution < 1.29 is 22.9 Å². The van der Waals surface area contributed by atoms with Crippen LogP contribution in [0.5, 0.6) is 0 Å². The quantitative estimate of drug-likeness (QED) is 0.464. The number of hydrogen-bond donors (Lipinski definition) is 1. The standard InChI is InChI=1S/C15H13ClN2O6S/c1-17-25(22,23)11-6-7-13(16)12(8-11)15(19)24-9-10-4-2-3-5-14(10)18(20)21/h2-8,17H,9H2,1H3. The van der Waals surface area contributed by atoms with Crippen LogP contribution in [-0.4, -0.2) is 26.4 Å². The van der Waals surface area contributed by atoms with Crippen LogP contribution in [0.1, 0.15) is 15.9 Å². The highest BCUT2D eigenvalue weighted by Gasteiger charge is 2.20. The second-order valence-electron chi connectivity index (χ2n) is 4.81. The molecule has 0 saturated carbocycles. The van der Waals surface area contributed by atoms with E-state index in [0.717, 1.165) is 6.07 Å². The number of ether oxygens (including phenoxy) is 1. The lowest BCUT2D eigenvalue weighted by atomic mass is 10.2. The summed E-state index contributed by atoms with van der Waals surface area (Å²) in [6.45, 7) is -0.352. The molecule has 0 saturated heterocycles. The molecule has 0 aliphatic carbocycles. The average Bonchev–Trinajstić information content (AvgIpc) is 2.60. The van der Waals surface area contributed by atoms with Crippen molar-refractivity contribution in [2.45, 2.75) is 11.5 Å². The highest BCUT2D eigenvalue weighted by Crippen LogP contribution is 2.23. The van der Waals surface area contributed by atoms with Gasteiger partial charge in [0.05, 0.1) is 26.0 Å². The van der Waals surface area contributed by atoms with Gasteiger partial charge >= 0.3 is 5.97 Å². The lowest BCUT2D eigenvalue weighted by molar-refractivity contribution is -0.385. The van der Waals surface area contributed by atoms with Crippen LogP contribution in [0, 0.1) is 10.1 Å². The summed E-state index contributed by atoms with van der Waals surface area (Å²) >= 11 is 5.92. The Bertz CT molecular complexity index is 929. The molecule has 0 heterocycles. The van der Waals surface area contributed by atoms with E-state index in [0.29, 0.717) is 0 Å². The number of benzene rings is 2.